The van der Waals surface area contributed by atoms with Gasteiger partial charge in [-0.25, -0.2) is 13.2 Å². The number of amides is 3. The molecule has 1 aromatic rings. The Hall–Kier alpha value is -2.66. The second kappa shape index (κ2) is 10.3. The lowest BCUT2D eigenvalue weighted by Gasteiger charge is -2.26. The number of carbonyl (C=O) groups is 3. The van der Waals surface area contributed by atoms with Crippen molar-refractivity contribution < 1.29 is 27.5 Å². The first-order chi connectivity index (χ1) is 15.2. The molecule has 2 aliphatic heterocycles. The van der Waals surface area contributed by atoms with Gasteiger partial charge in [0.15, 0.2) is 0 Å². The number of hydrogen-bond donors (Lipinski definition) is 1. The minimum absolute atomic E-state index is 0.0215. The Kier molecular flexibility index (Phi) is 7.73. The van der Waals surface area contributed by atoms with Gasteiger partial charge < -0.3 is 19.9 Å². The van der Waals surface area contributed by atoms with E-state index in [0.29, 0.717) is 39.2 Å². The van der Waals surface area contributed by atoms with E-state index in [0.717, 1.165) is 4.31 Å². The van der Waals surface area contributed by atoms with Crippen LogP contribution in [0.5, 0.6) is 0 Å². The number of hydrogen-bond acceptors (Lipinski definition) is 6. The molecule has 0 radical (unpaired) electrons. The van der Waals surface area contributed by atoms with Crippen molar-refractivity contribution >= 4 is 27.9 Å². The molecule has 0 aromatic heterocycles. The van der Waals surface area contributed by atoms with E-state index in [4.69, 9.17) is 4.74 Å². The number of nitrogens with zero attached hydrogens (tertiary/aromatic N) is 3. The monoisotopic (exact) mass is 466 g/mol. The summed E-state index contributed by atoms with van der Waals surface area (Å²) < 4.78 is 32.3. The summed E-state index contributed by atoms with van der Waals surface area (Å²) in [6.45, 7) is 6.09. The normalized spacial score (nSPS) is 18.3. The van der Waals surface area contributed by atoms with Crippen LogP contribution in [-0.4, -0.2) is 92.9 Å². The Morgan fingerprint density at radius 2 is 1.81 bits per heavy atom. The van der Waals surface area contributed by atoms with E-state index in [1.54, 1.807) is 15.9 Å². The fourth-order valence-corrected chi connectivity index (χ4v) is 5.02. The SMILES string of the molecule is CC(C)COC(=O)N1CCCN(C(=O)c2cccc(S(=O)(=O)N3CCNC(=O)C3)c2)CC1. The van der Waals surface area contributed by atoms with Gasteiger partial charge in [-0.3, -0.25) is 9.59 Å². The minimum Gasteiger partial charge on any atom is -0.449 e. The number of carbonyl (C=O) groups excluding carboxylic acids is 3. The molecule has 2 heterocycles. The molecule has 10 nitrogen and oxygen atoms in total. The number of rotatable bonds is 5. The summed E-state index contributed by atoms with van der Waals surface area (Å²) >= 11 is 0. The zero-order valence-corrected chi connectivity index (χ0v) is 19.3. The van der Waals surface area contributed by atoms with E-state index >= 15 is 0 Å². The quantitative estimate of drug-likeness (QED) is 0.685. The zero-order chi connectivity index (χ0) is 23.3. The van der Waals surface area contributed by atoms with Crippen LogP contribution in [0.15, 0.2) is 29.2 Å². The Labute approximate surface area is 188 Å². The number of sulfonamides is 1. The summed E-state index contributed by atoms with van der Waals surface area (Å²) in [5.41, 5.74) is 0.253. The topological polar surface area (TPSA) is 116 Å². The van der Waals surface area contributed by atoms with Crippen molar-refractivity contribution in [1.82, 2.24) is 19.4 Å². The van der Waals surface area contributed by atoms with Crippen molar-refractivity contribution in [1.29, 1.82) is 0 Å². The van der Waals surface area contributed by atoms with Gasteiger partial charge in [-0.1, -0.05) is 19.9 Å². The summed E-state index contributed by atoms with van der Waals surface area (Å²) in [6, 6.07) is 5.87. The Morgan fingerprint density at radius 1 is 1.09 bits per heavy atom. The smallest absolute Gasteiger partial charge is 0.409 e. The van der Waals surface area contributed by atoms with Gasteiger partial charge in [-0.2, -0.15) is 4.31 Å². The van der Waals surface area contributed by atoms with Crippen molar-refractivity contribution in [3.05, 3.63) is 29.8 Å². The van der Waals surface area contributed by atoms with E-state index in [9.17, 15) is 22.8 Å². The van der Waals surface area contributed by atoms with Crippen molar-refractivity contribution in [2.75, 3.05) is 52.4 Å². The molecule has 3 amide bonds. The maximum atomic E-state index is 13.1. The number of benzene rings is 1. The number of piperazine rings is 1. The van der Waals surface area contributed by atoms with Crippen LogP contribution >= 0.6 is 0 Å². The third-order valence-corrected chi connectivity index (χ3v) is 7.14. The van der Waals surface area contributed by atoms with Crippen LogP contribution in [0.3, 0.4) is 0 Å². The highest BCUT2D eigenvalue weighted by atomic mass is 32.2. The molecular formula is C21H30N4O6S. The van der Waals surface area contributed by atoms with Crippen LogP contribution in [0.2, 0.25) is 0 Å². The van der Waals surface area contributed by atoms with Crippen LogP contribution in [0.4, 0.5) is 4.79 Å². The molecule has 11 heteroatoms. The summed E-state index contributed by atoms with van der Waals surface area (Å²) in [4.78, 5) is 40.1. The number of ether oxygens (including phenoxy) is 1. The Bertz CT molecular complexity index is 965. The minimum atomic E-state index is -3.89. The highest BCUT2D eigenvalue weighted by Gasteiger charge is 2.30. The molecule has 0 aliphatic carbocycles. The third kappa shape index (κ3) is 5.77. The Balaban J connectivity index is 1.68. The average Bonchev–Trinajstić information content (AvgIpc) is 3.03. The van der Waals surface area contributed by atoms with E-state index in [-0.39, 0.29) is 53.9 Å². The van der Waals surface area contributed by atoms with E-state index in [1.165, 1.54) is 18.2 Å². The maximum Gasteiger partial charge on any atom is 0.409 e. The molecule has 176 valence electrons. The maximum absolute atomic E-state index is 13.1. The lowest BCUT2D eigenvalue weighted by Crippen LogP contribution is -2.49. The third-order valence-electron chi connectivity index (χ3n) is 5.30. The molecule has 0 spiro atoms. The predicted octanol–water partition coefficient (Wildman–Crippen LogP) is 0.748. The molecule has 2 aliphatic rings. The molecule has 2 saturated heterocycles. The lowest BCUT2D eigenvalue weighted by molar-refractivity contribution is -0.122. The van der Waals surface area contributed by atoms with E-state index < -0.39 is 10.0 Å². The predicted molar refractivity (Wildman–Crippen MR) is 116 cm³/mol. The first-order valence-corrected chi connectivity index (χ1v) is 12.2. The van der Waals surface area contributed by atoms with E-state index in [2.05, 4.69) is 5.32 Å². The molecule has 2 fully saturated rings. The van der Waals surface area contributed by atoms with Gasteiger partial charge in [0.05, 0.1) is 18.0 Å². The summed E-state index contributed by atoms with van der Waals surface area (Å²) in [5.74, 6) is -0.407. The second-order valence-corrected chi connectivity index (χ2v) is 10.3. The summed E-state index contributed by atoms with van der Waals surface area (Å²) in [5, 5.41) is 2.60. The van der Waals surface area contributed by atoms with Crippen LogP contribution in [0.1, 0.15) is 30.6 Å². The van der Waals surface area contributed by atoms with Gasteiger partial charge >= 0.3 is 6.09 Å². The molecule has 0 unspecified atom stereocenters. The second-order valence-electron chi connectivity index (χ2n) is 8.32. The van der Waals surface area contributed by atoms with Crippen LogP contribution in [0.25, 0.3) is 0 Å². The van der Waals surface area contributed by atoms with Gasteiger partial charge in [0.1, 0.15) is 0 Å². The molecule has 0 saturated carbocycles. The lowest BCUT2D eigenvalue weighted by atomic mass is 10.2. The summed E-state index contributed by atoms with van der Waals surface area (Å²) in [7, 11) is -3.89. The van der Waals surface area contributed by atoms with Gasteiger partial charge in [0.25, 0.3) is 5.91 Å². The largest absolute Gasteiger partial charge is 0.449 e. The van der Waals surface area contributed by atoms with Crippen molar-refractivity contribution in [3.63, 3.8) is 0 Å². The fourth-order valence-electron chi connectivity index (χ4n) is 3.57. The first kappa shape index (κ1) is 24.0. The molecule has 0 atom stereocenters. The van der Waals surface area contributed by atoms with Crippen molar-refractivity contribution in [3.8, 4) is 0 Å². The highest BCUT2D eigenvalue weighted by Crippen LogP contribution is 2.19. The molecule has 0 bridgehead atoms. The van der Waals surface area contributed by atoms with Gasteiger partial charge in [0, 0.05) is 44.8 Å². The molecule has 1 aromatic carbocycles. The molecule has 1 N–H and O–H groups in total. The van der Waals surface area contributed by atoms with E-state index in [1.807, 2.05) is 13.8 Å². The molecule has 3 rings (SSSR count). The molecular weight excluding hydrogens is 436 g/mol. The van der Waals surface area contributed by atoms with Crippen molar-refractivity contribution in [2.24, 2.45) is 5.92 Å². The molecule has 32 heavy (non-hydrogen) atoms. The highest BCUT2D eigenvalue weighted by molar-refractivity contribution is 7.89. The average molecular weight is 467 g/mol. The number of nitrogens with one attached hydrogen (secondary N) is 1. The van der Waals surface area contributed by atoms with Crippen molar-refractivity contribution in [2.45, 2.75) is 25.2 Å². The van der Waals surface area contributed by atoms with Crippen LogP contribution in [-0.2, 0) is 19.6 Å². The zero-order valence-electron chi connectivity index (χ0n) is 18.5. The standard InChI is InChI=1S/C21H30N4O6S/c1-16(2)15-31-21(28)24-9-4-8-23(11-12-24)20(27)17-5-3-6-18(13-17)32(29,30)25-10-7-22-19(26)14-25/h3,5-6,13,16H,4,7-12,14-15H2,1-2H3,(H,22,26). The fraction of sp³-hybridized carbons (Fsp3) is 0.571. The van der Waals surface area contributed by atoms with Crippen LogP contribution < -0.4 is 5.32 Å². The van der Waals surface area contributed by atoms with Crippen LogP contribution in [0, 0.1) is 5.92 Å². The Morgan fingerprint density at radius 3 is 2.53 bits per heavy atom. The van der Waals surface area contributed by atoms with Gasteiger partial charge in [-0.05, 0) is 30.5 Å². The van der Waals surface area contributed by atoms with Gasteiger partial charge in [-0.15, -0.1) is 0 Å². The van der Waals surface area contributed by atoms with Gasteiger partial charge in [0.2, 0.25) is 15.9 Å². The summed E-state index contributed by atoms with van der Waals surface area (Å²) in [6.07, 6.45) is 0.218. The first-order valence-electron chi connectivity index (χ1n) is 10.8.